The third-order valence-electron chi connectivity index (χ3n) is 10.4. The molecule has 3 aliphatic carbocycles. The van der Waals surface area contributed by atoms with Crippen LogP contribution in [-0.4, -0.2) is 50.6 Å². The highest BCUT2D eigenvalue weighted by molar-refractivity contribution is 6.01. The topological polar surface area (TPSA) is 98.0 Å². The second-order valence-corrected chi connectivity index (χ2v) is 12.5. The zero-order valence-electron chi connectivity index (χ0n) is 22.0. The Labute approximate surface area is 206 Å². The van der Waals surface area contributed by atoms with Gasteiger partial charge in [0, 0.05) is 17.9 Å². The Morgan fingerprint density at radius 3 is 2.47 bits per heavy atom. The van der Waals surface area contributed by atoms with Crippen LogP contribution in [0, 0.1) is 40.4 Å². The summed E-state index contributed by atoms with van der Waals surface area (Å²) in [5.74, 6) is 0.631. The van der Waals surface area contributed by atoms with Crippen LogP contribution in [0.4, 0.5) is 0 Å². The van der Waals surface area contributed by atoms with E-state index >= 15 is 0 Å². The molecule has 5 nitrogen and oxygen atoms in total. The average molecular weight is 477 g/mol. The molecular formula is C29H48O5. The van der Waals surface area contributed by atoms with Crippen LogP contribution in [0.25, 0.3) is 0 Å². The van der Waals surface area contributed by atoms with Gasteiger partial charge in [-0.1, -0.05) is 40.7 Å². The van der Waals surface area contributed by atoms with Crippen molar-refractivity contribution in [1.82, 2.24) is 0 Å². The molecule has 0 aromatic rings. The van der Waals surface area contributed by atoms with E-state index in [1.165, 1.54) is 0 Å². The molecule has 0 aromatic carbocycles. The lowest BCUT2D eigenvalue weighted by Gasteiger charge is -2.49. The number of aliphatic hydroxyl groups excluding tert-OH is 3. The van der Waals surface area contributed by atoms with Crippen LogP contribution in [0.15, 0.2) is 24.3 Å². The fourth-order valence-corrected chi connectivity index (χ4v) is 7.70. The van der Waals surface area contributed by atoms with E-state index in [0.29, 0.717) is 43.9 Å². The molecule has 0 aromatic heterocycles. The molecule has 194 valence electrons. The Kier molecular flexibility index (Phi) is 8.24. The lowest BCUT2D eigenvalue weighted by molar-refractivity contribution is -0.138. The molecule has 3 rings (SSSR count). The number of Topliss-reactive ketones (excluding diaryl/α,β-unsaturated/α-hetero) is 1. The van der Waals surface area contributed by atoms with E-state index in [-0.39, 0.29) is 35.6 Å². The number of rotatable bonds is 9. The van der Waals surface area contributed by atoms with Crippen molar-refractivity contribution in [3.63, 3.8) is 0 Å². The molecule has 34 heavy (non-hydrogen) atoms. The number of hydrogen-bond acceptors (Lipinski definition) is 5. The van der Waals surface area contributed by atoms with E-state index in [1.54, 1.807) is 12.2 Å². The van der Waals surface area contributed by atoms with Crippen LogP contribution in [-0.2, 0) is 4.79 Å². The molecule has 2 saturated carbocycles. The Hall–Kier alpha value is -1.01. The third kappa shape index (κ3) is 4.70. The smallest absolute Gasteiger partial charge is 0.165 e. The number of fused-ring (bicyclic) bond motifs is 1. The first-order valence-corrected chi connectivity index (χ1v) is 13.4. The monoisotopic (exact) mass is 476 g/mol. The molecule has 4 N–H and O–H groups in total. The SMILES string of the molecule is C=CC(O)(CCC(C)C1CCC(C2=CC(O)C3CC(O)CCC3(C)C2=O)C1(C)CCO)C(C)C. The first-order valence-electron chi connectivity index (χ1n) is 13.4. The molecule has 0 spiro atoms. The molecular weight excluding hydrogens is 428 g/mol. The van der Waals surface area contributed by atoms with Gasteiger partial charge in [-0.2, -0.15) is 0 Å². The van der Waals surface area contributed by atoms with Gasteiger partial charge in [-0.25, -0.2) is 0 Å². The van der Waals surface area contributed by atoms with Gasteiger partial charge in [0.05, 0.1) is 17.8 Å². The highest BCUT2D eigenvalue weighted by atomic mass is 16.3. The van der Waals surface area contributed by atoms with Crippen LogP contribution in [0.2, 0.25) is 0 Å². The molecule has 2 fully saturated rings. The standard InChI is InChI=1S/C29H48O5/c1-7-29(34,18(2)3)13-10-19(4)22-8-9-23(27(22,5)14-15-30)21-17-25(32)24-16-20(31)11-12-28(24,6)26(21)33/h7,17-20,22-25,30-32,34H,1,8-16H2,2-6H3. The van der Waals surface area contributed by atoms with Crippen molar-refractivity contribution in [1.29, 1.82) is 0 Å². The molecule has 0 aliphatic heterocycles. The van der Waals surface area contributed by atoms with E-state index in [2.05, 4.69) is 20.4 Å². The minimum atomic E-state index is -0.888. The van der Waals surface area contributed by atoms with E-state index in [1.807, 2.05) is 20.8 Å². The van der Waals surface area contributed by atoms with Crippen molar-refractivity contribution in [3.8, 4) is 0 Å². The van der Waals surface area contributed by atoms with Gasteiger partial charge >= 0.3 is 0 Å². The first kappa shape index (κ1) is 27.6. The summed E-state index contributed by atoms with van der Waals surface area (Å²) in [6.45, 7) is 14.4. The quantitative estimate of drug-likeness (QED) is 0.369. The van der Waals surface area contributed by atoms with Crippen LogP contribution in [0.5, 0.6) is 0 Å². The van der Waals surface area contributed by atoms with E-state index < -0.39 is 23.2 Å². The Morgan fingerprint density at radius 1 is 1.21 bits per heavy atom. The van der Waals surface area contributed by atoms with Crippen molar-refractivity contribution >= 4 is 5.78 Å². The Balaban J connectivity index is 1.86. The van der Waals surface area contributed by atoms with E-state index in [4.69, 9.17) is 0 Å². The second-order valence-electron chi connectivity index (χ2n) is 12.5. The van der Waals surface area contributed by atoms with Crippen LogP contribution in [0.1, 0.15) is 86.0 Å². The van der Waals surface area contributed by atoms with Gasteiger partial charge in [0.1, 0.15) is 0 Å². The fourth-order valence-electron chi connectivity index (χ4n) is 7.70. The zero-order chi connectivity index (χ0) is 25.5. The van der Waals surface area contributed by atoms with Gasteiger partial charge in [-0.05, 0) is 92.1 Å². The maximum atomic E-state index is 13.9. The summed E-state index contributed by atoms with van der Waals surface area (Å²) in [4.78, 5) is 13.9. The highest BCUT2D eigenvalue weighted by Gasteiger charge is 2.56. The van der Waals surface area contributed by atoms with Crippen molar-refractivity contribution in [3.05, 3.63) is 24.3 Å². The van der Waals surface area contributed by atoms with Gasteiger partial charge in [0.15, 0.2) is 5.78 Å². The third-order valence-corrected chi connectivity index (χ3v) is 10.4. The van der Waals surface area contributed by atoms with Crippen LogP contribution >= 0.6 is 0 Å². The highest BCUT2D eigenvalue weighted by Crippen LogP contribution is 2.59. The number of carbonyl (C=O) groups excluding carboxylic acids is 1. The molecule has 0 saturated heterocycles. The molecule has 0 amide bonds. The molecule has 0 heterocycles. The minimum absolute atomic E-state index is 0.00209. The number of ketones is 1. The summed E-state index contributed by atoms with van der Waals surface area (Å²) in [5, 5.41) is 42.2. The molecule has 3 aliphatic rings. The minimum Gasteiger partial charge on any atom is -0.396 e. The van der Waals surface area contributed by atoms with Crippen molar-refractivity contribution < 1.29 is 25.2 Å². The zero-order valence-corrected chi connectivity index (χ0v) is 22.0. The lowest BCUT2D eigenvalue weighted by Crippen LogP contribution is -2.52. The second kappa shape index (κ2) is 10.2. The summed E-state index contributed by atoms with van der Waals surface area (Å²) >= 11 is 0. The van der Waals surface area contributed by atoms with Crippen molar-refractivity contribution in [2.24, 2.45) is 40.4 Å². The predicted molar refractivity (Wildman–Crippen MR) is 135 cm³/mol. The van der Waals surface area contributed by atoms with E-state index in [9.17, 15) is 25.2 Å². The molecule has 9 unspecified atom stereocenters. The molecule has 5 heteroatoms. The summed E-state index contributed by atoms with van der Waals surface area (Å²) in [6, 6.07) is 0. The number of allylic oxidation sites excluding steroid dienone is 1. The van der Waals surface area contributed by atoms with Gasteiger partial charge < -0.3 is 20.4 Å². The van der Waals surface area contributed by atoms with Gasteiger partial charge in [-0.3, -0.25) is 4.79 Å². The largest absolute Gasteiger partial charge is 0.396 e. The Bertz CT molecular complexity index is 789. The van der Waals surface area contributed by atoms with Gasteiger partial charge in [0.2, 0.25) is 0 Å². The van der Waals surface area contributed by atoms with Crippen LogP contribution in [0.3, 0.4) is 0 Å². The normalized spacial score (nSPS) is 41.1. The van der Waals surface area contributed by atoms with Crippen molar-refractivity contribution in [2.75, 3.05) is 6.61 Å². The summed E-state index contributed by atoms with van der Waals surface area (Å²) in [7, 11) is 0. The number of aliphatic hydroxyl groups is 4. The number of carbonyl (C=O) groups is 1. The van der Waals surface area contributed by atoms with Crippen LogP contribution < -0.4 is 0 Å². The summed E-state index contributed by atoms with van der Waals surface area (Å²) < 4.78 is 0. The molecule has 0 bridgehead atoms. The fraction of sp³-hybridized carbons (Fsp3) is 0.828. The lowest BCUT2D eigenvalue weighted by atomic mass is 9.55. The van der Waals surface area contributed by atoms with E-state index in [0.717, 1.165) is 24.8 Å². The maximum Gasteiger partial charge on any atom is 0.165 e. The molecule has 0 radical (unpaired) electrons. The maximum absolute atomic E-state index is 13.9. The summed E-state index contributed by atoms with van der Waals surface area (Å²) in [6.07, 6.45) is 7.89. The van der Waals surface area contributed by atoms with Gasteiger partial charge in [0.25, 0.3) is 0 Å². The predicted octanol–water partition coefficient (Wildman–Crippen LogP) is 4.43. The van der Waals surface area contributed by atoms with Crippen molar-refractivity contribution in [2.45, 2.75) is 104 Å². The van der Waals surface area contributed by atoms with Gasteiger partial charge in [-0.15, -0.1) is 6.58 Å². The first-order chi connectivity index (χ1) is 15.8. The summed E-state index contributed by atoms with van der Waals surface area (Å²) in [5.41, 5.74) is -1.03. The molecule has 9 atom stereocenters. The Morgan fingerprint density at radius 2 is 1.88 bits per heavy atom. The number of hydrogen-bond donors (Lipinski definition) is 4. The average Bonchev–Trinajstić information content (AvgIpc) is 3.12.